The predicted octanol–water partition coefficient (Wildman–Crippen LogP) is 6.14. The second-order valence-corrected chi connectivity index (χ2v) is 8.76. The number of nitrogens with zero attached hydrogens (tertiary/aromatic N) is 3. The molecule has 1 aromatic heterocycles. The van der Waals surface area contributed by atoms with Crippen molar-refractivity contribution < 1.29 is 13.9 Å². The number of hydrogen-bond acceptors (Lipinski definition) is 6. The molecule has 8 heteroatoms. The number of hydrogen-bond donors (Lipinski definition) is 1. The van der Waals surface area contributed by atoms with Gasteiger partial charge in [0.25, 0.3) is 5.91 Å². The highest BCUT2D eigenvalue weighted by atomic mass is 32.2. The van der Waals surface area contributed by atoms with Gasteiger partial charge in [-0.1, -0.05) is 36.0 Å². The molecule has 0 aliphatic carbocycles. The van der Waals surface area contributed by atoms with Crippen molar-refractivity contribution in [3.05, 3.63) is 78.2 Å². The SMILES string of the molecule is CSc1nccc(Oc2ccc(NC(=O)c3cc(F)cc(N4CCCC4)c3)c3ccccc23)n1. The van der Waals surface area contributed by atoms with Crippen molar-refractivity contribution in [1.82, 2.24) is 9.97 Å². The number of nitrogens with one attached hydrogen (secondary N) is 1. The van der Waals surface area contributed by atoms with Crippen LogP contribution in [0.15, 0.2) is 72.0 Å². The van der Waals surface area contributed by atoms with Gasteiger partial charge in [-0.3, -0.25) is 4.79 Å². The number of carbonyl (C=O) groups excluding carboxylic acids is 1. The van der Waals surface area contributed by atoms with Crippen LogP contribution < -0.4 is 15.0 Å². The third-order valence-electron chi connectivity index (χ3n) is 5.75. The van der Waals surface area contributed by atoms with Crippen molar-refractivity contribution in [3.63, 3.8) is 0 Å². The highest BCUT2D eigenvalue weighted by Crippen LogP contribution is 2.34. The Morgan fingerprint density at radius 3 is 2.65 bits per heavy atom. The Labute approximate surface area is 201 Å². The minimum Gasteiger partial charge on any atom is -0.438 e. The van der Waals surface area contributed by atoms with Crippen LogP contribution in [0.5, 0.6) is 11.6 Å². The molecule has 0 bridgehead atoms. The molecule has 5 rings (SSSR count). The van der Waals surface area contributed by atoms with Gasteiger partial charge in [0.1, 0.15) is 11.6 Å². The smallest absolute Gasteiger partial charge is 0.255 e. The van der Waals surface area contributed by atoms with Gasteiger partial charge in [-0.05, 0) is 49.4 Å². The van der Waals surface area contributed by atoms with Crippen LogP contribution in [-0.4, -0.2) is 35.2 Å². The highest BCUT2D eigenvalue weighted by molar-refractivity contribution is 7.98. The topological polar surface area (TPSA) is 67.3 Å². The summed E-state index contributed by atoms with van der Waals surface area (Å²) in [6.07, 6.45) is 5.71. The second kappa shape index (κ2) is 9.69. The van der Waals surface area contributed by atoms with E-state index in [-0.39, 0.29) is 11.5 Å². The van der Waals surface area contributed by atoms with E-state index in [0.717, 1.165) is 42.4 Å². The van der Waals surface area contributed by atoms with E-state index >= 15 is 0 Å². The lowest BCUT2D eigenvalue weighted by Gasteiger charge is -2.19. The van der Waals surface area contributed by atoms with Gasteiger partial charge in [0.05, 0.1) is 0 Å². The van der Waals surface area contributed by atoms with Gasteiger partial charge in [-0.25, -0.2) is 9.37 Å². The van der Waals surface area contributed by atoms with E-state index < -0.39 is 5.82 Å². The molecule has 172 valence electrons. The summed E-state index contributed by atoms with van der Waals surface area (Å²) in [6.45, 7) is 1.75. The normalized spacial score (nSPS) is 13.3. The summed E-state index contributed by atoms with van der Waals surface area (Å²) in [7, 11) is 0. The third kappa shape index (κ3) is 4.68. The largest absolute Gasteiger partial charge is 0.438 e. The van der Waals surface area contributed by atoms with Gasteiger partial charge in [0, 0.05) is 53.1 Å². The molecule has 0 radical (unpaired) electrons. The minimum atomic E-state index is -0.419. The van der Waals surface area contributed by atoms with Gasteiger partial charge in [0.2, 0.25) is 5.88 Å². The van der Waals surface area contributed by atoms with Crippen molar-refractivity contribution in [2.24, 2.45) is 0 Å². The van der Waals surface area contributed by atoms with Crippen LogP contribution in [0.1, 0.15) is 23.2 Å². The zero-order valence-electron chi connectivity index (χ0n) is 18.6. The number of ether oxygens (including phenoxy) is 1. The average Bonchev–Trinajstić information content (AvgIpc) is 3.40. The first kappa shape index (κ1) is 22.2. The number of benzene rings is 3. The van der Waals surface area contributed by atoms with E-state index in [9.17, 15) is 9.18 Å². The molecule has 1 N–H and O–H groups in total. The molecule has 4 aromatic rings. The van der Waals surface area contributed by atoms with Crippen LogP contribution in [0, 0.1) is 5.82 Å². The third-order valence-corrected chi connectivity index (χ3v) is 6.32. The van der Waals surface area contributed by atoms with Gasteiger partial charge >= 0.3 is 0 Å². The molecule has 6 nitrogen and oxygen atoms in total. The Bertz CT molecular complexity index is 1360. The van der Waals surface area contributed by atoms with E-state index in [1.165, 1.54) is 23.9 Å². The van der Waals surface area contributed by atoms with Crippen LogP contribution >= 0.6 is 11.8 Å². The monoisotopic (exact) mass is 474 g/mol. The Hall–Kier alpha value is -3.65. The summed E-state index contributed by atoms with van der Waals surface area (Å²) >= 11 is 1.43. The number of rotatable bonds is 6. The Balaban J connectivity index is 1.43. The van der Waals surface area contributed by atoms with Gasteiger partial charge in [0.15, 0.2) is 5.16 Å². The number of aromatic nitrogens is 2. The summed E-state index contributed by atoms with van der Waals surface area (Å²) in [4.78, 5) is 23.7. The lowest BCUT2D eigenvalue weighted by molar-refractivity contribution is 0.102. The van der Waals surface area contributed by atoms with Crippen molar-refractivity contribution >= 4 is 39.8 Å². The first-order valence-corrected chi connectivity index (χ1v) is 12.3. The lowest BCUT2D eigenvalue weighted by Crippen LogP contribution is -2.19. The zero-order chi connectivity index (χ0) is 23.5. The molecule has 1 aliphatic rings. The second-order valence-electron chi connectivity index (χ2n) is 7.99. The average molecular weight is 475 g/mol. The molecular formula is C26H23FN4O2S. The van der Waals surface area contributed by atoms with Crippen LogP contribution in [0.3, 0.4) is 0 Å². The number of fused-ring (bicyclic) bond motifs is 1. The fourth-order valence-corrected chi connectivity index (χ4v) is 4.47. The Kier molecular flexibility index (Phi) is 6.31. The molecule has 2 heterocycles. The zero-order valence-corrected chi connectivity index (χ0v) is 19.4. The van der Waals surface area contributed by atoms with E-state index in [1.54, 1.807) is 30.5 Å². The van der Waals surface area contributed by atoms with Crippen molar-refractivity contribution in [3.8, 4) is 11.6 Å². The lowest BCUT2D eigenvalue weighted by atomic mass is 10.1. The number of carbonyl (C=O) groups is 1. The number of thioether (sulfide) groups is 1. The number of anilines is 2. The van der Waals surface area contributed by atoms with E-state index in [1.807, 2.05) is 30.5 Å². The maximum Gasteiger partial charge on any atom is 0.255 e. The van der Waals surface area contributed by atoms with Gasteiger partial charge in [-0.15, -0.1) is 0 Å². The molecule has 0 atom stereocenters. The summed E-state index contributed by atoms with van der Waals surface area (Å²) < 4.78 is 20.3. The standard InChI is InChI=1S/C26H23FN4O2S/c1-34-26-28-11-10-24(30-26)33-23-9-8-22(20-6-2-3-7-21(20)23)29-25(32)17-14-18(27)16-19(15-17)31-12-4-5-13-31/h2-3,6-11,14-16H,4-5,12-13H2,1H3,(H,29,32). The van der Waals surface area contributed by atoms with Crippen LogP contribution in [0.2, 0.25) is 0 Å². The van der Waals surface area contributed by atoms with Crippen molar-refractivity contribution in [2.45, 2.75) is 18.0 Å². The van der Waals surface area contributed by atoms with Crippen molar-refractivity contribution in [1.29, 1.82) is 0 Å². The number of halogens is 1. The first-order valence-electron chi connectivity index (χ1n) is 11.0. The quantitative estimate of drug-likeness (QED) is 0.268. The molecule has 1 aliphatic heterocycles. The summed E-state index contributed by atoms with van der Waals surface area (Å²) in [5, 5.41) is 5.20. The van der Waals surface area contributed by atoms with E-state index in [2.05, 4.69) is 20.2 Å². The predicted molar refractivity (Wildman–Crippen MR) is 134 cm³/mol. The molecular weight excluding hydrogens is 451 g/mol. The fourth-order valence-electron chi connectivity index (χ4n) is 4.12. The minimum absolute atomic E-state index is 0.289. The van der Waals surface area contributed by atoms with Crippen LogP contribution in [-0.2, 0) is 0 Å². The summed E-state index contributed by atoms with van der Waals surface area (Å²) in [5.41, 5.74) is 1.65. The molecule has 0 spiro atoms. The first-order chi connectivity index (χ1) is 16.6. The molecule has 1 saturated heterocycles. The summed E-state index contributed by atoms with van der Waals surface area (Å²) in [6, 6.07) is 17.4. The van der Waals surface area contributed by atoms with Crippen LogP contribution in [0.4, 0.5) is 15.8 Å². The fraction of sp³-hybridized carbons (Fsp3) is 0.192. The Morgan fingerprint density at radius 2 is 1.85 bits per heavy atom. The number of amides is 1. The molecule has 1 fully saturated rings. The molecule has 0 saturated carbocycles. The van der Waals surface area contributed by atoms with E-state index in [0.29, 0.717) is 22.5 Å². The maximum atomic E-state index is 14.3. The molecule has 1 amide bonds. The van der Waals surface area contributed by atoms with Gasteiger partial charge < -0.3 is 15.0 Å². The van der Waals surface area contributed by atoms with Crippen molar-refractivity contribution in [2.75, 3.05) is 29.6 Å². The molecule has 0 unspecified atom stereocenters. The summed E-state index contributed by atoms with van der Waals surface area (Å²) in [5.74, 6) is 0.272. The van der Waals surface area contributed by atoms with Crippen LogP contribution in [0.25, 0.3) is 10.8 Å². The molecule has 3 aromatic carbocycles. The highest BCUT2D eigenvalue weighted by Gasteiger charge is 2.17. The van der Waals surface area contributed by atoms with Gasteiger partial charge in [-0.2, -0.15) is 4.98 Å². The maximum absolute atomic E-state index is 14.3. The Morgan fingerprint density at radius 1 is 1.06 bits per heavy atom. The van der Waals surface area contributed by atoms with E-state index in [4.69, 9.17) is 4.74 Å². The molecule has 34 heavy (non-hydrogen) atoms.